The number of carbonyl (C=O) groups excluding carboxylic acids is 1. The van der Waals surface area contributed by atoms with Gasteiger partial charge in [0.25, 0.3) is 0 Å². The number of aliphatic hydroxyl groups excluding tert-OH is 1. The highest BCUT2D eigenvalue weighted by Crippen LogP contribution is 2.16. The molecular weight excluding hydrogens is 404 g/mol. The minimum absolute atomic E-state index is 0.0631. The smallest absolute Gasteiger partial charge is 0.431 e. The lowest BCUT2D eigenvalue weighted by molar-refractivity contribution is -0.0740. The van der Waals surface area contributed by atoms with Gasteiger partial charge in [-0.1, -0.05) is 39.5 Å². The largest absolute Gasteiger partial charge is 0.508 e. The van der Waals surface area contributed by atoms with E-state index in [0.29, 0.717) is 0 Å². The average Bonchev–Trinajstić information content (AvgIpc) is 2.75. The molecule has 174 valence electrons. The third-order valence-electron chi connectivity index (χ3n) is 4.94. The van der Waals surface area contributed by atoms with Crippen LogP contribution in [-0.4, -0.2) is 52.8 Å². The molecule has 1 aromatic rings. The molecule has 0 aliphatic heterocycles. The van der Waals surface area contributed by atoms with Crippen LogP contribution in [0.5, 0.6) is 0 Å². The van der Waals surface area contributed by atoms with Gasteiger partial charge in [-0.2, -0.15) is 10.2 Å². The Hall–Kier alpha value is -2.64. The van der Waals surface area contributed by atoms with Gasteiger partial charge in [-0.25, -0.2) is 9.59 Å². The topological polar surface area (TPSA) is 150 Å². The van der Waals surface area contributed by atoms with Crippen molar-refractivity contribution in [2.45, 2.75) is 77.2 Å². The summed E-state index contributed by atoms with van der Waals surface area (Å²) in [6.07, 6.45) is 3.49. The van der Waals surface area contributed by atoms with Crippen molar-refractivity contribution in [3.05, 3.63) is 22.7 Å². The number of anilines is 1. The molecular formula is C21H34N4O6. The molecule has 0 bridgehead atoms. The molecule has 31 heavy (non-hydrogen) atoms. The van der Waals surface area contributed by atoms with Crippen molar-refractivity contribution in [2.75, 3.05) is 19.5 Å². The van der Waals surface area contributed by atoms with Gasteiger partial charge in [0.1, 0.15) is 30.7 Å². The molecule has 0 spiro atoms. The second kappa shape index (κ2) is 14.4. The van der Waals surface area contributed by atoms with Gasteiger partial charge in [0.15, 0.2) is 0 Å². The molecule has 0 unspecified atom stereocenters. The lowest BCUT2D eigenvalue weighted by Crippen LogP contribution is -2.41. The van der Waals surface area contributed by atoms with Crippen LogP contribution in [0.1, 0.15) is 52.4 Å². The van der Waals surface area contributed by atoms with Crippen LogP contribution in [0.25, 0.3) is 0 Å². The Balaban J connectivity index is 2.66. The molecule has 1 rings (SSSR count). The van der Waals surface area contributed by atoms with Gasteiger partial charge in [-0.05, 0) is 18.9 Å². The SMILES string of the molecule is CCCCC(CCCC)OC(=O)OC[C@H](OC)[C@@H](O)[C@H](C#N)Cn1ccc(N)nc1=O. The van der Waals surface area contributed by atoms with E-state index in [9.17, 15) is 20.0 Å². The molecule has 0 amide bonds. The van der Waals surface area contributed by atoms with Gasteiger partial charge in [0, 0.05) is 19.9 Å². The first-order chi connectivity index (χ1) is 14.9. The first-order valence-electron chi connectivity index (χ1n) is 10.6. The van der Waals surface area contributed by atoms with Gasteiger partial charge in [-0.15, -0.1) is 0 Å². The normalized spacial score (nSPS) is 13.9. The summed E-state index contributed by atoms with van der Waals surface area (Å²) in [5.41, 5.74) is 4.82. The highest BCUT2D eigenvalue weighted by molar-refractivity contribution is 5.60. The number of nitrogen functional groups attached to an aromatic ring is 1. The Morgan fingerprint density at radius 1 is 1.32 bits per heavy atom. The van der Waals surface area contributed by atoms with Crippen molar-refractivity contribution in [2.24, 2.45) is 5.92 Å². The van der Waals surface area contributed by atoms with Gasteiger partial charge in [-0.3, -0.25) is 4.57 Å². The Bertz CT molecular complexity index is 755. The second-order valence-corrected chi connectivity index (χ2v) is 7.37. The van der Waals surface area contributed by atoms with E-state index in [-0.39, 0.29) is 25.1 Å². The van der Waals surface area contributed by atoms with Gasteiger partial charge in [0.05, 0.1) is 12.0 Å². The maximum absolute atomic E-state index is 12.1. The van der Waals surface area contributed by atoms with E-state index >= 15 is 0 Å². The lowest BCUT2D eigenvalue weighted by Gasteiger charge is -2.25. The highest BCUT2D eigenvalue weighted by atomic mass is 16.7. The van der Waals surface area contributed by atoms with Crippen LogP contribution in [0, 0.1) is 17.2 Å². The molecule has 10 heteroatoms. The number of carbonyl (C=O) groups is 1. The monoisotopic (exact) mass is 438 g/mol. The first kappa shape index (κ1) is 26.4. The summed E-state index contributed by atoms with van der Waals surface area (Å²) in [6, 6.07) is 3.37. The van der Waals surface area contributed by atoms with Crippen molar-refractivity contribution in [3.8, 4) is 6.07 Å². The van der Waals surface area contributed by atoms with Crippen LogP contribution in [0.4, 0.5) is 10.6 Å². The van der Waals surface area contributed by atoms with E-state index in [4.69, 9.17) is 19.9 Å². The van der Waals surface area contributed by atoms with Crippen molar-refractivity contribution in [1.82, 2.24) is 9.55 Å². The number of aliphatic hydroxyl groups is 1. The molecule has 0 aromatic carbocycles. The molecule has 3 N–H and O–H groups in total. The Kier molecular flexibility index (Phi) is 12.2. The predicted octanol–water partition coefficient (Wildman–Crippen LogP) is 2.24. The van der Waals surface area contributed by atoms with Crippen LogP contribution in [0.2, 0.25) is 0 Å². The molecule has 0 aliphatic carbocycles. The average molecular weight is 439 g/mol. The summed E-state index contributed by atoms with van der Waals surface area (Å²) < 4.78 is 16.9. The van der Waals surface area contributed by atoms with Crippen molar-refractivity contribution in [3.63, 3.8) is 0 Å². The first-order valence-corrected chi connectivity index (χ1v) is 10.6. The molecule has 0 saturated heterocycles. The van der Waals surface area contributed by atoms with Crippen LogP contribution in [0.3, 0.4) is 0 Å². The van der Waals surface area contributed by atoms with Crippen molar-refractivity contribution < 1.29 is 24.1 Å². The second-order valence-electron chi connectivity index (χ2n) is 7.37. The summed E-state index contributed by atoms with van der Waals surface area (Å²) in [5.74, 6) is -0.942. The number of ether oxygens (including phenoxy) is 3. The number of hydrogen-bond acceptors (Lipinski definition) is 9. The maximum atomic E-state index is 12.1. The molecule has 0 fully saturated rings. The van der Waals surface area contributed by atoms with Gasteiger partial charge < -0.3 is 25.1 Å². The minimum atomic E-state index is -1.32. The molecule has 0 saturated carbocycles. The molecule has 0 radical (unpaired) electrons. The number of nitrogens with zero attached hydrogens (tertiary/aromatic N) is 3. The molecule has 3 atom stereocenters. The van der Waals surface area contributed by atoms with Gasteiger partial charge in [0.2, 0.25) is 0 Å². The zero-order chi connectivity index (χ0) is 23.2. The lowest BCUT2D eigenvalue weighted by atomic mass is 9.99. The summed E-state index contributed by atoms with van der Waals surface area (Å²) in [5, 5.41) is 20.0. The quantitative estimate of drug-likeness (QED) is 0.417. The Labute approximate surface area is 182 Å². The van der Waals surface area contributed by atoms with E-state index in [1.54, 1.807) is 0 Å². The summed E-state index contributed by atoms with van der Waals surface area (Å²) >= 11 is 0. The zero-order valence-electron chi connectivity index (χ0n) is 18.5. The Morgan fingerprint density at radius 3 is 2.48 bits per heavy atom. The van der Waals surface area contributed by atoms with Crippen LogP contribution < -0.4 is 11.4 Å². The number of unbranched alkanes of at least 4 members (excludes halogenated alkanes) is 2. The van der Waals surface area contributed by atoms with Crippen molar-refractivity contribution in [1.29, 1.82) is 5.26 Å². The minimum Gasteiger partial charge on any atom is -0.431 e. The van der Waals surface area contributed by atoms with Gasteiger partial charge >= 0.3 is 11.8 Å². The fourth-order valence-corrected chi connectivity index (χ4v) is 3.03. The summed E-state index contributed by atoms with van der Waals surface area (Å²) in [4.78, 5) is 27.6. The number of nitriles is 1. The van der Waals surface area contributed by atoms with E-state index in [1.807, 2.05) is 6.07 Å². The zero-order valence-corrected chi connectivity index (χ0v) is 18.5. The highest BCUT2D eigenvalue weighted by Gasteiger charge is 2.30. The number of aromatic nitrogens is 2. The molecule has 0 aliphatic rings. The fourth-order valence-electron chi connectivity index (χ4n) is 3.03. The fraction of sp³-hybridized carbons (Fsp3) is 0.714. The molecule has 1 heterocycles. The van der Waals surface area contributed by atoms with E-state index in [0.717, 1.165) is 38.5 Å². The number of nitrogens with two attached hydrogens (primary N) is 1. The molecule has 1 aromatic heterocycles. The van der Waals surface area contributed by atoms with E-state index < -0.39 is 30.0 Å². The van der Waals surface area contributed by atoms with E-state index in [2.05, 4.69) is 18.8 Å². The number of methoxy groups -OCH3 is 1. The third-order valence-corrected chi connectivity index (χ3v) is 4.94. The summed E-state index contributed by atoms with van der Waals surface area (Å²) in [6.45, 7) is 3.72. The predicted molar refractivity (Wildman–Crippen MR) is 114 cm³/mol. The standard InChI is InChI=1S/C21H34N4O6/c1-4-6-8-16(9-7-5-2)31-21(28)30-14-17(29-3)19(26)15(12-22)13-25-11-10-18(23)24-20(25)27/h10-11,15-17,19,26H,4-9,13-14H2,1-3H3,(H2,23,24,27)/t15-,17+,19+/m1/s1. The van der Waals surface area contributed by atoms with Crippen LogP contribution in [-0.2, 0) is 20.8 Å². The molecule has 10 nitrogen and oxygen atoms in total. The maximum Gasteiger partial charge on any atom is 0.508 e. The third kappa shape index (κ3) is 9.36. The number of hydrogen-bond donors (Lipinski definition) is 2. The number of rotatable bonds is 14. The Morgan fingerprint density at radius 2 is 1.97 bits per heavy atom. The van der Waals surface area contributed by atoms with E-state index in [1.165, 1.54) is 23.9 Å². The van der Waals surface area contributed by atoms with Crippen molar-refractivity contribution >= 4 is 12.0 Å². The summed E-state index contributed by atoms with van der Waals surface area (Å²) in [7, 11) is 1.33. The van der Waals surface area contributed by atoms with Crippen LogP contribution >= 0.6 is 0 Å². The van der Waals surface area contributed by atoms with Crippen LogP contribution in [0.15, 0.2) is 17.1 Å².